The second kappa shape index (κ2) is 8.13. The number of piperidine rings is 1. The van der Waals surface area contributed by atoms with Crippen molar-refractivity contribution in [2.24, 2.45) is 5.73 Å². The Morgan fingerprint density at radius 3 is 2.52 bits per heavy atom. The summed E-state index contributed by atoms with van der Waals surface area (Å²) in [4.78, 5) is 14.5. The van der Waals surface area contributed by atoms with Gasteiger partial charge in [-0.25, -0.2) is 4.79 Å². The number of hydrogen-bond acceptors (Lipinski definition) is 3. The first kappa shape index (κ1) is 19.4. The Morgan fingerprint density at radius 2 is 1.81 bits per heavy atom. The summed E-state index contributed by atoms with van der Waals surface area (Å²) in [5, 5.41) is 0. The second-order valence-corrected chi connectivity index (χ2v) is 8.32. The number of rotatable bonds is 3. The first-order valence-corrected chi connectivity index (χ1v) is 9.73. The van der Waals surface area contributed by atoms with Gasteiger partial charge in [-0.2, -0.15) is 0 Å². The Morgan fingerprint density at radius 1 is 1.11 bits per heavy atom. The van der Waals surface area contributed by atoms with Gasteiger partial charge in [-0.05, 0) is 56.7 Å². The van der Waals surface area contributed by atoms with Crippen molar-refractivity contribution in [1.29, 1.82) is 0 Å². The van der Waals surface area contributed by atoms with Crippen LogP contribution in [0, 0.1) is 0 Å². The van der Waals surface area contributed by atoms with Gasteiger partial charge >= 0.3 is 6.09 Å². The lowest BCUT2D eigenvalue weighted by Gasteiger charge is -2.40. The van der Waals surface area contributed by atoms with E-state index in [9.17, 15) is 4.79 Å². The lowest BCUT2D eigenvalue weighted by Crippen LogP contribution is -2.56. The summed E-state index contributed by atoms with van der Waals surface area (Å²) in [6.45, 7) is 6.39. The van der Waals surface area contributed by atoms with Crippen LogP contribution in [-0.4, -0.2) is 35.2 Å². The molecule has 27 heavy (non-hydrogen) atoms. The quantitative estimate of drug-likeness (QED) is 0.862. The van der Waals surface area contributed by atoms with E-state index < -0.39 is 5.60 Å². The molecule has 0 spiro atoms. The van der Waals surface area contributed by atoms with Crippen LogP contribution in [0.25, 0.3) is 11.1 Å². The van der Waals surface area contributed by atoms with Gasteiger partial charge in [0, 0.05) is 12.6 Å². The Balaban J connectivity index is 1.80. The fourth-order valence-corrected chi connectivity index (χ4v) is 3.65. The van der Waals surface area contributed by atoms with Gasteiger partial charge < -0.3 is 15.4 Å². The minimum Gasteiger partial charge on any atom is -0.444 e. The van der Waals surface area contributed by atoms with Crippen molar-refractivity contribution < 1.29 is 9.53 Å². The van der Waals surface area contributed by atoms with E-state index in [0.717, 1.165) is 19.3 Å². The molecule has 2 atom stereocenters. The minimum absolute atomic E-state index is 0.0355. The van der Waals surface area contributed by atoms with Crippen LogP contribution in [0.15, 0.2) is 54.6 Å². The highest BCUT2D eigenvalue weighted by atomic mass is 16.6. The number of carbonyl (C=O) groups is 1. The van der Waals surface area contributed by atoms with Gasteiger partial charge in [0.1, 0.15) is 5.60 Å². The smallest absolute Gasteiger partial charge is 0.410 e. The summed E-state index contributed by atoms with van der Waals surface area (Å²) in [5.41, 5.74) is 9.47. The summed E-state index contributed by atoms with van der Waals surface area (Å²) >= 11 is 0. The van der Waals surface area contributed by atoms with Gasteiger partial charge in [0.25, 0.3) is 0 Å². The van der Waals surface area contributed by atoms with E-state index in [1.807, 2.05) is 43.9 Å². The fraction of sp³-hybridized carbons (Fsp3) is 0.435. The average molecular weight is 367 g/mol. The number of nitrogens with two attached hydrogens (primary N) is 1. The monoisotopic (exact) mass is 366 g/mol. The van der Waals surface area contributed by atoms with Crippen LogP contribution in [0.3, 0.4) is 0 Å². The highest BCUT2D eigenvalue weighted by Gasteiger charge is 2.34. The lowest BCUT2D eigenvalue weighted by molar-refractivity contribution is 0.00695. The minimum atomic E-state index is -0.504. The number of amides is 1. The molecule has 1 heterocycles. The summed E-state index contributed by atoms with van der Waals surface area (Å²) < 4.78 is 5.62. The zero-order valence-electron chi connectivity index (χ0n) is 16.5. The zero-order chi connectivity index (χ0) is 19.4. The molecule has 1 fully saturated rings. The number of likely N-dealkylation sites (tertiary alicyclic amines) is 1. The molecule has 0 bridgehead atoms. The molecule has 0 unspecified atom stereocenters. The molecular formula is C23H30N2O2. The van der Waals surface area contributed by atoms with E-state index >= 15 is 0 Å². The molecule has 2 aromatic carbocycles. The van der Waals surface area contributed by atoms with Crippen molar-refractivity contribution in [2.45, 2.75) is 57.7 Å². The van der Waals surface area contributed by atoms with Crippen molar-refractivity contribution >= 4 is 6.09 Å². The lowest BCUT2D eigenvalue weighted by atomic mass is 9.90. The highest BCUT2D eigenvalue weighted by Crippen LogP contribution is 2.25. The number of ether oxygens (including phenoxy) is 1. The summed E-state index contributed by atoms with van der Waals surface area (Å²) in [6.07, 6.45) is 2.33. The highest BCUT2D eigenvalue weighted by molar-refractivity contribution is 5.69. The molecule has 1 saturated heterocycles. The third-order valence-corrected chi connectivity index (χ3v) is 4.94. The topological polar surface area (TPSA) is 55.6 Å². The second-order valence-electron chi connectivity index (χ2n) is 8.32. The molecule has 0 radical (unpaired) electrons. The molecule has 1 aliphatic heterocycles. The van der Waals surface area contributed by atoms with Crippen LogP contribution in [0.1, 0.15) is 39.2 Å². The van der Waals surface area contributed by atoms with Gasteiger partial charge in [-0.1, -0.05) is 54.6 Å². The van der Waals surface area contributed by atoms with Crippen molar-refractivity contribution in [3.05, 3.63) is 60.2 Å². The van der Waals surface area contributed by atoms with Crippen molar-refractivity contribution in [3.8, 4) is 11.1 Å². The van der Waals surface area contributed by atoms with Crippen LogP contribution in [0.5, 0.6) is 0 Å². The van der Waals surface area contributed by atoms with Crippen LogP contribution >= 0.6 is 0 Å². The maximum absolute atomic E-state index is 12.7. The molecule has 0 aromatic heterocycles. The predicted octanol–water partition coefficient (Wildman–Crippen LogP) is 4.62. The maximum atomic E-state index is 12.7. The molecule has 3 rings (SSSR count). The molecule has 2 aromatic rings. The van der Waals surface area contributed by atoms with E-state index in [0.29, 0.717) is 6.54 Å². The predicted molar refractivity (Wildman–Crippen MR) is 110 cm³/mol. The summed E-state index contributed by atoms with van der Waals surface area (Å²) in [5.74, 6) is 0. The molecule has 2 N–H and O–H groups in total. The van der Waals surface area contributed by atoms with Crippen LogP contribution in [-0.2, 0) is 11.2 Å². The van der Waals surface area contributed by atoms with E-state index in [4.69, 9.17) is 10.5 Å². The van der Waals surface area contributed by atoms with Crippen molar-refractivity contribution in [3.63, 3.8) is 0 Å². The SMILES string of the molecule is CC(C)(C)OC(=O)N1CCC[C@@H](N)[C@H]1Cc1cccc(-c2ccccc2)c1. The summed E-state index contributed by atoms with van der Waals surface area (Å²) in [6, 6.07) is 18.8. The first-order valence-electron chi connectivity index (χ1n) is 9.73. The van der Waals surface area contributed by atoms with E-state index in [1.54, 1.807) is 0 Å². The maximum Gasteiger partial charge on any atom is 0.410 e. The van der Waals surface area contributed by atoms with Gasteiger partial charge in [-0.3, -0.25) is 0 Å². The Kier molecular flexibility index (Phi) is 5.85. The summed E-state index contributed by atoms with van der Waals surface area (Å²) in [7, 11) is 0. The fourth-order valence-electron chi connectivity index (χ4n) is 3.65. The third kappa shape index (κ3) is 5.10. The Labute approximate surface area is 162 Å². The van der Waals surface area contributed by atoms with Crippen LogP contribution < -0.4 is 5.73 Å². The molecule has 0 saturated carbocycles. The number of carbonyl (C=O) groups excluding carboxylic acids is 1. The van der Waals surface area contributed by atoms with E-state index in [-0.39, 0.29) is 18.2 Å². The number of nitrogens with zero attached hydrogens (tertiary/aromatic N) is 1. The normalized spacial score (nSPS) is 20.4. The number of hydrogen-bond donors (Lipinski definition) is 1. The van der Waals surface area contributed by atoms with Gasteiger partial charge in [0.2, 0.25) is 0 Å². The standard InChI is InChI=1S/C23H30N2O2/c1-23(2,3)27-22(26)25-14-8-13-20(24)21(25)16-17-9-7-12-19(15-17)18-10-5-4-6-11-18/h4-7,9-12,15,20-21H,8,13-14,16,24H2,1-3H3/t20-,21-/m1/s1. The van der Waals surface area contributed by atoms with Gasteiger partial charge in [0.15, 0.2) is 0 Å². The first-order chi connectivity index (χ1) is 12.8. The largest absolute Gasteiger partial charge is 0.444 e. The Bertz CT molecular complexity index is 767. The molecule has 1 aliphatic rings. The van der Waals surface area contributed by atoms with Crippen molar-refractivity contribution in [1.82, 2.24) is 4.90 Å². The molecule has 4 nitrogen and oxygen atoms in total. The molecule has 0 aliphatic carbocycles. The van der Waals surface area contributed by atoms with E-state index in [2.05, 4.69) is 36.4 Å². The molecule has 1 amide bonds. The van der Waals surface area contributed by atoms with Crippen molar-refractivity contribution in [2.75, 3.05) is 6.54 Å². The molecular weight excluding hydrogens is 336 g/mol. The number of benzene rings is 2. The van der Waals surface area contributed by atoms with Gasteiger partial charge in [-0.15, -0.1) is 0 Å². The molecule has 144 valence electrons. The zero-order valence-corrected chi connectivity index (χ0v) is 16.5. The third-order valence-electron chi connectivity index (χ3n) is 4.94. The average Bonchev–Trinajstić information content (AvgIpc) is 2.63. The van der Waals surface area contributed by atoms with Crippen LogP contribution in [0.2, 0.25) is 0 Å². The van der Waals surface area contributed by atoms with Crippen LogP contribution in [0.4, 0.5) is 4.79 Å². The van der Waals surface area contributed by atoms with Gasteiger partial charge in [0.05, 0.1) is 6.04 Å². The Hall–Kier alpha value is -2.33. The molecule has 4 heteroatoms. The van der Waals surface area contributed by atoms with E-state index in [1.165, 1.54) is 16.7 Å².